The molecule has 0 heterocycles. The summed E-state index contributed by atoms with van der Waals surface area (Å²) < 4.78 is 0. The lowest BCUT2D eigenvalue weighted by molar-refractivity contribution is 0.0951. The number of phenolic OH excluding ortho intramolecular Hbond substituents is 1. The second-order valence-electron chi connectivity index (χ2n) is 8.01. The summed E-state index contributed by atoms with van der Waals surface area (Å²) in [6.07, 6.45) is 11.2. The molecule has 2 aliphatic carbocycles. The molecule has 27 heavy (non-hydrogen) atoms. The summed E-state index contributed by atoms with van der Waals surface area (Å²) in [7, 11) is 0. The van der Waals surface area contributed by atoms with Crippen molar-refractivity contribution in [2.45, 2.75) is 57.8 Å². The fraction of sp³-hybridized carbons (Fsp3) is 0.478. The molecule has 2 saturated carbocycles. The molecule has 0 bridgehead atoms. The van der Waals surface area contributed by atoms with Crippen molar-refractivity contribution >= 4 is 22.4 Å². The van der Waals surface area contributed by atoms with E-state index < -0.39 is 0 Å². The third kappa shape index (κ3) is 4.00. The van der Waals surface area contributed by atoms with E-state index in [0.29, 0.717) is 5.92 Å². The summed E-state index contributed by atoms with van der Waals surface area (Å²) in [5.41, 5.74) is 4.17. The van der Waals surface area contributed by atoms with Crippen LogP contribution < -0.4 is 5.43 Å². The van der Waals surface area contributed by atoms with Gasteiger partial charge in [0.15, 0.2) is 0 Å². The first-order valence-corrected chi connectivity index (χ1v) is 10.3. The molecule has 142 valence electrons. The number of hydrogen-bond donors (Lipinski definition) is 2. The zero-order valence-electron chi connectivity index (χ0n) is 15.8. The van der Waals surface area contributed by atoms with Crippen LogP contribution in [0.15, 0.2) is 41.5 Å². The smallest absolute Gasteiger partial charge is 0.275 e. The Hall–Kier alpha value is -2.36. The number of hydrazone groups is 1. The van der Waals surface area contributed by atoms with Crippen molar-refractivity contribution in [3.05, 3.63) is 42.0 Å². The number of carbonyl (C=O) groups excluding carboxylic acids is 1. The van der Waals surface area contributed by atoms with Crippen LogP contribution in [0.2, 0.25) is 0 Å². The van der Waals surface area contributed by atoms with E-state index in [1.165, 1.54) is 44.9 Å². The van der Waals surface area contributed by atoms with Gasteiger partial charge >= 0.3 is 0 Å². The maximum atomic E-state index is 12.7. The second kappa shape index (κ2) is 8.12. The molecule has 2 aromatic rings. The third-order valence-corrected chi connectivity index (χ3v) is 6.25. The van der Waals surface area contributed by atoms with E-state index in [-0.39, 0.29) is 17.2 Å². The molecular weight excluding hydrogens is 336 g/mol. The molecule has 4 rings (SSSR count). The van der Waals surface area contributed by atoms with Gasteiger partial charge in [0.2, 0.25) is 0 Å². The number of hydrogen-bond acceptors (Lipinski definition) is 3. The Balaban J connectivity index is 1.52. The van der Waals surface area contributed by atoms with Crippen LogP contribution in [0.25, 0.3) is 10.8 Å². The zero-order chi connectivity index (χ0) is 18.6. The Morgan fingerprint density at radius 2 is 1.67 bits per heavy atom. The molecule has 1 atom stereocenters. The first-order valence-electron chi connectivity index (χ1n) is 10.3. The minimum atomic E-state index is -0.335. The molecule has 0 aliphatic heterocycles. The summed E-state index contributed by atoms with van der Waals surface area (Å²) in [5, 5.41) is 16.7. The van der Waals surface area contributed by atoms with Crippen LogP contribution in [0.5, 0.6) is 5.75 Å². The van der Waals surface area contributed by atoms with Gasteiger partial charge in [-0.15, -0.1) is 0 Å². The average Bonchev–Trinajstić information content (AvgIpc) is 2.72. The number of fused-ring (bicyclic) bond motifs is 1. The van der Waals surface area contributed by atoms with Gasteiger partial charge in [-0.05, 0) is 60.9 Å². The SMILES string of the molecule is O=C(NN=C1CCCCC1C1CCCCC1)c1cc2ccccc2cc1O. The normalized spacial score (nSPS) is 22.8. The van der Waals surface area contributed by atoms with Gasteiger partial charge in [0, 0.05) is 11.6 Å². The van der Waals surface area contributed by atoms with Gasteiger partial charge in [0.25, 0.3) is 5.91 Å². The second-order valence-corrected chi connectivity index (χ2v) is 8.01. The summed E-state index contributed by atoms with van der Waals surface area (Å²) in [6, 6.07) is 11.1. The van der Waals surface area contributed by atoms with Gasteiger partial charge < -0.3 is 5.11 Å². The number of rotatable bonds is 3. The lowest BCUT2D eigenvalue weighted by Crippen LogP contribution is -2.31. The highest BCUT2D eigenvalue weighted by atomic mass is 16.3. The largest absolute Gasteiger partial charge is 0.507 e. The fourth-order valence-corrected chi connectivity index (χ4v) is 4.80. The number of nitrogens with one attached hydrogen (secondary N) is 1. The lowest BCUT2D eigenvalue weighted by atomic mass is 9.72. The van der Waals surface area contributed by atoms with Crippen molar-refractivity contribution < 1.29 is 9.90 Å². The quantitative estimate of drug-likeness (QED) is 0.716. The number of aromatic hydroxyl groups is 1. The lowest BCUT2D eigenvalue weighted by Gasteiger charge is -2.33. The predicted molar refractivity (Wildman–Crippen MR) is 109 cm³/mol. The van der Waals surface area contributed by atoms with Crippen LogP contribution in [0.3, 0.4) is 0 Å². The molecule has 0 aromatic heterocycles. The van der Waals surface area contributed by atoms with Crippen molar-refractivity contribution in [2.75, 3.05) is 0 Å². The Bertz CT molecular complexity index is 853. The van der Waals surface area contributed by atoms with Gasteiger partial charge in [0.1, 0.15) is 5.75 Å². The van der Waals surface area contributed by atoms with Crippen molar-refractivity contribution in [1.29, 1.82) is 0 Å². The molecular formula is C23H28N2O2. The molecule has 4 heteroatoms. The first kappa shape index (κ1) is 18.0. The topological polar surface area (TPSA) is 61.7 Å². The van der Waals surface area contributed by atoms with Crippen molar-refractivity contribution in [3.8, 4) is 5.75 Å². The van der Waals surface area contributed by atoms with Gasteiger partial charge in [-0.3, -0.25) is 4.79 Å². The van der Waals surface area contributed by atoms with Gasteiger partial charge in [-0.2, -0.15) is 5.10 Å². The van der Waals surface area contributed by atoms with Gasteiger partial charge in [-0.25, -0.2) is 5.43 Å². The summed E-state index contributed by atoms with van der Waals surface area (Å²) in [6.45, 7) is 0. The minimum Gasteiger partial charge on any atom is -0.507 e. The minimum absolute atomic E-state index is 0.00104. The van der Waals surface area contributed by atoms with Crippen molar-refractivity contribution in [3.63, 3.8) is 0 Å². The van der Waals surface area contributed by atoms with E-state index >= 15 is 0 Å². The van der Waals surface area contributed by atoms with Gasteiger partial charge in [-0.1, -0.05) is 49.9 Å². The zero-order valence-corrected chi connectivity index (χ0v) is 15.8. The molecule has 2 aliphatic rings. The van der Waals surface area contributed by atoms with E-state index in [0.717, 1.165) is 35.2 Å². The van der Waals surface area contributed by atoms with Crippen LogP contribution in [0.4, 0.5) is 0 Å². The molecule has 0 saturated heterocycles. The van der Waals surface area contributed by atoms with E-state index in [4.69, 9.17) is 0 Å². The number of phenols is 1. The molecule has 2 N–H and O–H groups in total. The number of benzene rings is 2. The fourth-order valence-electron chi connectivity index (χ4n) is 4.80. The van der Waals surface area contributed by atoms with Crippen LogP contribution in [-0.4, -0.2) is 16.7 Å². The van der Waals surface area contributed by atoms with Crippen LogP contribution in [-0.2, 0) is 0 Å². The van der Waals surface area contributed by atoms with E-state index in [1.54, 1.807) is 12.1 Å². The molecule has 2 aromatic carbocycles. The number of carbonyl (C=O) groups is 1. The van der Waals surface area contributed by atoms with E-state index in [9.17, 15) is 9.90 Å². The Kier molecular flexibility index (Phi) is 5.42. The average molecular weight is 364 g/mol. The maximum absolute atomic E-state index is 12.7. The summed E-state index contributed by atoms with van der Waals surface area (Å²) in [5.74, 6) is 0.908. The standard InChI is InChI=1S/C23H28N2O2/c26-22-15-18-11-5-4-10-17(18)14-20(22)23(27)25-24-21-13-7-6-12-19(21)16-8-2-1-3-9-16/h4-5,10-11,14-16,19,26H,1-3,6-9,12-13H2,(H,25,27). The van der Waals surface area contributed by atoms with Crippen LogP contribution in [0, 0.1) is 11.8 Å². The monoisotopic (exact) mass is 364 g/mol. The molecule has 1 amide bonds. The summed E-state index contributed by atoms with van der Waals surface area (Å²) in [4.78, 5) is 12.7. The molecule has 0 spiro atoms. The molecule has 4 nitrogen and oxygen atoms in total. The van der Waals surface area contributed by atoms with Crippen molar-refractivity contribution in [2.24, 2.45) is 16.9 Å². The molecule has 2 fully saturated rings. The van der Waals surface area contributed by atoms with Crippen LogP contribution >= 0.6 is 0 Å². The highest BCUT2D eigenvalue weighted by molar-refractivity contribution is 6.02. The Labute approximate surface area is 160 Å². The maximum Gasteiger partial charge on any atom is 0.275 e. The predicted octanol–water partition coefficient (Wildman–Crippen LogP) is 5.40. The highest BCUT2D eigenvalue weighted by Gasteiger charge is 2.30. The molecule has 1 unspecified atom stereocenters. The Morgan fingerprint density at radius 1 is 0.963 bits per heavy atom. The first-order chi connectivity index (χ1) is 13.2. The highest BCUT2D eigenvalue weighted by Crippen LogP contribution is 2.37. The molecule has 0 radical (unpaired) electrons. The van der Waals surface area contributed by atoms with E-state index in [1.807, 2.05) is 24.3 Å². The Morgan fingerprint density at radius 3 is 2.44 bits per heavy atom. The van der Waals surface area contributed by atoms with Crippen LogP contribution in [0.1, 0.15) is 68.1 Å². The number of nitrogens with zero attached hydrogens (tertiary/aromatic N) is 1. The van der Waals surface area contributed by atoms with Gasteiger partial charge in [0.05, 0.1) is 5.56 Å². The number of amides is 1. The van der Waals surface area contributed by atoms with E-state index in [2.05, 4.69) is 10.5 Å². The summed E-state index contributed by atoms with van der Waals surface area (Å²) >= 11 is 0. The third-order valence-electron chi connectivity index (χ3n) is 6.25. The van der Waals surface area contributed by atoms with Crippen molar-refractivity contribution in [1.82, 2.24) is 5.43 Å².